The molecular formula is C11H19NS. The fourth-order valence-corrected chi connectivity index (χ4v) is 1.28. The molecule has 2 heteroatoms. The van der Waals surface area contributed by atoms with Crippen molar-refractivity contribution in [3.05, 3.63) is 35.4 Å². The van der Waals surface area contributed by atoms with Gasteiger partial charge in [-0.25, -0.2) is 0 Å². The Morgan fingerprint density at radius 3 is 2.23 bits per heavy atom. The first-order valence-electron chi connectivity index (χ1n) is 4.54. The van der Waals surface area contributed by atoms with E-state index in [1.165, 1.54) is 11.1 Å². The zero-order valence-corrected chi connectivity index (χ0v) is 9.59. The summed E-state index contributed by atoms with van der Waals surface area (Å²) in [5.74, 6) is 0. The smallest absolute Gasteiger partial charge is 0.0291 e. The molecule has 0 unspecified atom stereocenters. The Kier molecular flexibility index (Phi) is 5.84. The number of benzene rings is 1. The molecule has 0 aliphatic carbocycles. The van der Waals surface area contributed by atoms with Crippen LogP contribution in [0.25, 0.3) is 0 Å². The third kappa shape index (κ3) is 3.83. The second-order valence-electron chi connectivity index (χ2n) is 3.19. The van der Waals surface area contributed by atoms with Gasteiger partial charge in [-0.15, -0.1) is 0 Å². The lowest BCUT2D eigenvalue weighted by atomic mass is 10.1. The van der Waals surface area contributed by atoms with E-state index in [0.717, 1.165) is 6.54 Å². The van der Waals surface area contributed by atoms with Crippen LogP contribution in [0.1, 0.15) is 31.0 Å². The minimum absolute atomic E-state index is 0. The van der Waals surface area contributed by atoms with Gasteiger partial charge in [0.1, 0.15) is 0 Å². The second kappa shape index (κ2) is 6.06. The van der Waals surface area contributed by atoms with Gasteiger partial charge in [0.05, 0.1) is 0 Å². The Morgan fingerprint density at radius 1 is 1.23 bits per heavy atom. The van der Waals surface area contributed by atoms with Crippen LogP contribution in [0.5, 0.6) is 0 Å². The molecule has 0 aliphatic heterocycles. The molecule has 0 fully saturated rings. The van der Waals surface area contributed by atoms with Gasteiger partial charge >= 0.3 is 0 Å². The molecular weight excluding hydrogens is 178 g/mol. The predicted molar refractivity (Wildman–Crippen MR) is 63.7 cm³/mol. The second-order valence-corrected chi connectivity index (χ2v) is 3.19. The van der Waals surface area contributed by atoms with Crippen molar-refractivity contribution in [1.82, 2.24) is 5.32 Å². The van der Waals surface area contributed by atoms with E-state index >= 15 is 0 Å². The van der Waals surface area contributed by atoms with Crippen molar-refractivity contribution in [3.63, 3.8) is 0 Å². The number of nitrogens with one attached hydrogen (secondary N) is 1. The maximum Gasteiger partial charge on any atom is 0.0291 e. The summed E-state index contributed by atoms with van der Waals surface area (Å²) in [6.07, 6.45) is 0. The van der Waals surface area contributed by atoms with E-state index in [2.05, 4.69) is 50.4 Å². The molecule has 1 nitrogen and oxygen atoms in total. The van der Waals surface area contributed by atoms with Crippen molar-refractivity contribution < 1.29 is 0 Å². The van der Waals surface area contributed by atoms with Crippen LogP contribution in [0.15, 0.2) is 24.3 Å². The predicted octanol–water partition coefficient (Wildman–Crippen LogP) is 2.78. The Bertz CT molecular complexity index is 230. The highest BCUT2D eigenvalue weighted by Gasteiger charge is 2.01. The van der Waals surface area contributed by atoms with Crippen molar-refractivity contribution in [1.29, 1.82) is 0 Å². The van der Waals surface area contributed by atoms with Crippen molar-refractivity contribution in [3.8, 4) is 0 Å². The summed E-state index contributed by atoms with van der Waals surface area (Å²) in [4.78, 5) is 0. The van der Waals surface area contributed by atoms with Gasteiger partial charge in [-0.1, -0.05) is 36.8 Å². The number of aryl methyl sites for hydroxylation is 1. The summed E-state index contributed by atoms with van der Waals surface area (Å²) in [6.45, 7) is 7.45. The summed E-state index contributed by atoms with van der Waals surface area (Å²) in [5, 5.41) is 3.38. The molecule has 0 bridgehead atoms. The molecule has 0 radical (unpaired) electrons. The zero-order chi connectivity index (χ0) is 8.97. The van der Waals surface area contributed by atoms with E-state index < -0.39 is 0 Å². The first-order chi connectivity index (χ1) is 5.74. The van der Waals surface area contributed by atoms with E-state index in [-0.39, 0.29) is 13.5 Å². The van der Waals surface area contributed by atoms with Gasteiger partial charge in [-0.05, 0) is 26.0 Å². The van der Waals surface area contributed by atoms with Crippen LogP contribution < -0.4 is 5.32 Å². The monoisotopic (exact) mass is 197 g/mol. The molecule has 0 heterocycles. The standard InChI is InChI=1S/C11H17N.H2S/c1-4-12-10(3)11-7-5-9(2)6-8-11;/h5-8,10,12H,4H2,1-3H3;1H2/t10-;/m0./s1. The maximum atomic E-state index is 3.38. The summed E-state index contributed by atoms with van der Waals surface area (Å²) in [6, 6.07) is 9.15. The van der Waals surface area contributed by atoms with Gasteiger partial charge in [0.2, 0.25) is 0 Å². The van der Waals surface area contributed by atoms with Crippen LogP contribution in [-0.2, 0) is 0 Å². The molecule has 1 aromatic rings. The van der Waals surface area contributed by atoms with Gasteiger partial charge < -0.3 is 5.32 Å². The van der Waals surface area contributed by atoms with Gasteiger partial charge in [0.25, 0.3) is 0 Å². The molecule has 0 saturated heterocycles. The topological polar surface area (TPSA) is 12.0 Å². The molecule has 0 saturated carbocycles. The van der Waals surface area contributed by atoms with Crippen LogP contribution in [0, 0.1) is 6.92 Å². The Balaban J connectivity index is 0.00000144. The molecule has 1 rings (SSSR count). The largest absolute Gasteiger partial charge is 0.310 e. The summed E-state index contributed by atoms with van der Waals surface area (Å²) in [7, 11) is 0. The first kappa shape index (κ1) is 12.5. The van der Waals surface area contributed by atoms with Crippen molar-refractivity contribution in [2.75, 3.05) is 6.54 Å². The molecule has 1 aromatic carbocycles. The molecule has 1 N–H and O–H groups in total. The molecule has 74 valence electrons. The molecule has 0 aliphatic rings. The van der Waals surface area contributed by atoms with Crippen LogP contribution in [0.4, 0.5) is 0 Å². The lowest BCUT2D eigenvalue weighted by Crippen LogP contribution is -2.17. The van der Waals surface area contributed by atoms with E-state index in [1.54, 1.807) is 0 Å². The van der Waals surface area contributed by atoms with Gasteiger partial charge in [-0.3, -0.25) is 0 Å². The highest BCUT2D eigenvalue weighted by molar-refractivity contribution is 7.59. The molecule has 0 amide bonds. The Morgan fingerprint density at radius 2 is 1.77 bits per heavy atom. The van der Waals surface area contributed by atoms with Gasteiger partial charge in [0, 0.05) is 6.04 Å². The highest BCUT2D eigenvalue weighted by atomic mass is 32.1. The van der Waals surface area contributed by atoms with Crippen molar-refractivity contribution in [2.45, 2.75) is 26.8 Å². The van der Waals surface area contributed by atoms with E-state index in [9.17, 15) is 0 Å². The molecule has 0 spiro atoms. The van der Waals surface area contributed by atoms with Gasteiger partial charge in [-0.2, -0.15) is 13.5 Å². The number of rotatable bonds is 3. The third-order valence-corrected chi connectivity index (χ3v) is 2.09. The van der Waals surface area contributed by atoms with Crippen LogP contribution in [0.2, 0.25) is 0 Å². The van der Waals surface area contributed by atoms with Crippen molar-refractivity contribution in [2.24, 2.45) is 0 Å². The number of hydrogen-bond donors (Lipinski definition) is 1. The van der Waals surface area contributed by atoms with Crippen LogP contribution in [0.3, 0.4) is 0 Å². The van der Waals surface area contributed by atoms with Crippen LogP contribution in [-0.4, -0.2) is 6.54 Å². The zero-order valence-electron chi connectivity index (χ0n) is 8.59. The van der Waals surface area contributed by atoms with Crippen molar-refractivity contribution >= 4 is 13.5 Å². The summed E-state index contributed by atoms with van der Waals surface area (Å²) < 4.78 is 0. The van der Waals surface area contributed by atoms with Gasteiger partial charge in [0.15, 0.2) is 0 Å². The normalized spacial score (nSPS) is 11.9. The fourth-order valence-electron chi connectivity index (χ4n) is 1.28. The SMILES string of the molecule is CCN[C@@H](C)c1ccc(C)cc1.S. The minimum Gasteiger partial charge on any atom is -0.310 e. The quantitative estimate of drug-likeness (QED) is 0.785. The van der Waals surface area contributed by atoms with E-state index in [4.69, 9.17) is 0 Å². The highest BCUT2D eigenvalue weighted by Crippen LogP contribution is 2.12. The van der Waals surface area contributed by atoms with E-state index in [1.807, 2.05) is 0 Å². The molecule has 0 aromatic heterocycles. The first-order valence-corrected chi connectivity index (χ1v) is 4.54. The average molecular weight is 197 g/mol. The maximum absolute atomic E-state index is 3.38. The summed E-state index contributed by atoms with van der Waals surface area (Å²) in [5.41, 5.74) is 2.69. The fraction of sp³-hybridized carbons (Fsp3) is 0.455. The lowest BCUT2D eigenvalue weighted by molar-refractivity contribution is 0.598. The Labute approximate surface area is 88.0 Å². The van der Waals surface area contributed by atoms with Crippen LogP contribution >= 0.6 is 13.5 Å². The average Bonchev–Trinajstić information content (AvgIpc) is 2.06. The summed E-state index contributed by atoms with van der Waals surface area (Å²) >= 11 is 0. The molecule has 1 atom stereocenters. The lowest BCUT2D eigenvalue weighted by Gasteiger charge is -2.12. The molecule has 13 heavy (non-hydrogen) atoms. The number of hydrogen-bond acceptors (Lipinski definition) is 1. The minimum atomic E-state index is 0. The Hall–Kier alpha value is -0.470. The third-order valence-electron chi connectivity index (χ3n) is 2.09. The van der Waals surface area contributed by atoms with E-state index in [0.29, 0.717) is 6.04 Å².